The van der Waals surface area contributed by atoms with Crippen LogP contribution in [0.3, 0.4) is 0 Å². The molecule has 2 rings (SSSR count). The van der Waals surface area contributed by atoms with Crippen molar-refractivity contribution in [1.82, 2.24) is 10.2 Å². The van der Waals surface area contributed by atoms with Crippen molar-refractivity contribution in [3.05, 3.63) is 29.8 Å². The van der Waals surface area contributed by atoms with Crippen molar-refractivity contribution >= 4 is 15.7 Å². The number of hydrogen-bond acceptors (Lipinski definition) is 4. The van der Waals surface area contributed by atoms with Gasteiger partial charge >= 0.3 is 0 Å². The van der Waals surface area contributed by atoms with E-state index in [1.54, 1.807) is 7.05 Å². The number of benzene rings is 1. The number of nitrogens with zero attached hydrogens (tertiary/aromatic N) is 2. The Labute approximate surface area is 121 Å². The Hall–Kier alpha value is -1.11. The van der Waals surface area contributed by atoms with Crippen LogP contribution >= 0.6 is 0 Å². The number of sulfonamides is 1. The van der Waals surface area contributed by atoms with Crippen LogP contribution in [0.25, 0.3) is 0 Å². The molecule has 0 aliphatic carbocycles. The molecule has 6 heteroatoms. The molecular formula is C14H23N3O2S. The smallest absolute Gasteiger partial charge is 0.232 e. The summed E-state index contributed by atoms with van der Waals surface area (Å²) >= 11 is 0. The molecular weight excluding hydrogens is 274 g/mol. The molecule has 0 unspecified atom stereocenters. The van der Waals surface area contributed by atoms with Crippen molar-refractivity contribution in [1.29, 1.82) is 0 Å². The van der Waals surface area contributed by atoms with Crippen LogP contribution in [-0.4, -0.2) is 59.3 Å². The molecule has 1 fully saturated rings. The van der Waals surface area contributed by atoms with Crippen LogP contribution in [0.5, 0.6) is 0 Å². The topological polar surface area (TPSA) is 52.6 Å². The third kappa shape index (κ3) is 3.94. The maximum atomic E-state index is 11.7. The molecule has 0 spiro atoms. The highest BCUT2D eigenvalue weighted by Gasteiger charge is 2.16. The van der Waals surface area contributed by atoms with Crippen LogP contribution in [0, 0.1) is 0 Å². The van der Waals surface area contributed by atoms with Gasteiger partial charge in [0.1, 0.15) is 0 Å². The summed E-state index contributed by atoms with van der Waals surface area (Å²) in [6, 6.07) is 7.73. The predicted octanol–water partition coefficient (Wildman–Crippen LogP) is 0.530. The summed E-state index contributed by atoms with van der Waals surface area (Å²) < 4.78 is 24.8. The van der Waals surface area contributed by atoms with E-state index < -0.39 is 10.0 Å². The average Bonchev–Trinajstić information content (AvgIpc) is 2.45. The molecule has 0 aromatic heterocycles. The maximum absolute atomic E-state index is 11.7. The van der Waals surface area contributed by atoms with Crippen LogP contribution in [0.2, 0.25) is 0 Å². The Morgan fingerprint density at radius 1 is 1.25 bits per heavy atom. The van der Waals surface area contributed by atoms with E-state index in [-0.39, 0.29) is 0 Å². The number of rotatable bonds is 5. The lowest BCUT2D eigenvalue weighted by Gasteiger charge is -2.28. The van der Waals surface area contributed by atoms with Gasteiger partial charge in [-0.3, -0.25) is 4.31 Å². The Balaban J connectivity index is 2.07. The Bertz CT molecular complexity index is 539. The van der Waals surface area contributed by atoms with Gasteiger partial charge in [0.15, 0.2) is 0 Å². The second kappa shape index (κ2) is 6.56. The van der Waals surface area contributed by atoms with Crippen molar-refractivity contribution in [3.8, 4) is 0 Å². The fourth-order valence-electron chi connectivity index (χ4n) is 2.42. The van der Waals surface area contributed by atoms with Crippen molar-refractivity contribution < 1.29 is 8.42 Å². The first-order valence-electron chi connectivity index (χ1n) is 6.93. The molecule has 0 atom stereocenters. The van der Waals surface area contributed by atoms with Gasteiger partial charge < -0.3 is 10.2 Å². The molecule has 1 aliphatic heterocycles. The van der Waals surface area contributed by atoms with Crippen molar-refractivity contribution in [2.75, 3.05) is 50.3 Å². The van der Waals surface area contributed by atoms with Crippen molar-refractivity contribution in [2.45, 2.75) is 6.42 Å². The van der Waals surface area contributed by atoms with Gasteiger partial charge in [0.05, 0.1) is 11.9 Å². The highest BCUT2D eigenvalue weighted by Crippen LogP contribution is 2.22. The first-order chi connectivity index (χ1) is 9.48. The average molecular weight is 297 g/mol. The second-order valence-corrected chi connectivity index (χ2v) is 7.21. The molecule has 1 saturated heterocycles. The van der Waals surface area contributed by atoms with E-state index >= 15 is 0 Å². The summed E-state index contributed by atoms with van der Waals surface area (Å²) in [6.45, 7) is 5.15. The Morgan fingerprint density at radius 3 is 2.55 bits per heavy atom. The van der Waals surface area contributed by atoms with Crippen molar-refractivity contribution in [2.24, 2.45) is 0 Å². The minimum Gasteiger partial charge on any atom is -0.314 e. The minimum atomic E-state index is -3.21. The Kier molecular flexibility index (Phi) is 5.01. The van der Waals surface area contributed by atoms with E-state index in [2.05, 4.69) is 10.2 Å². The first-order valence-corrected chi connectivity index (χ1v) is 8.78. The highest BCUT2D eigenvalue weighted by molar-refractivity contribution is 7.92. The molecule has 1 aliphatic rings. The third-order valence-corrected chi connectivity index (χ3v) is 4.93. The molecule has 1 N–H and O–H groups in total. The summed E-state index contributed by atoms with van der Waals surface area (Å²) in [6.07, 6.45) is 2.11. The van der Waals surface area contributed by atoms with Crippen LogP contribution in [-0.2, 0) is 16.4 Å². The lowest BCUT2D eigenvalue weighted by molar-refractivity contribution is 0.244. The highest BCUT2D eigenvalue weighted by atomic mass is 32.2. The molecule has 0 saturated carbocycles. The first kappa shape index (κ1) is 15.3. The third-order valence-electron chi connectivity index (χ3n) is 3.74. The molecule has 112 valence electrons. The van der Waals surface area contributed by atoms with Gasteiger partial charge in [-0.25, -0.2) is 8.42 Å². The van der Waals surface area contributed by atoms with Gasteiger partial charge in [-0.15, -0.1) is 0 Å². The molecule has 0 bridgehead atoms. The molecule has 0 amide bonds. The molecule has 1 heterocycles. The zero-order valence-corrected chi connectivity index (χ0v) is 13.0. The fourth-order valence-corrected chi connectivity index (χ4v) is 2.96. The minimum absolute atomic E-state index is 0.783. The van der Waals surface area contributed by atoms with Crippen LogP contribution in [0.15, 0.2) is 24.3 Å². The quantitative estimate of drug-likeness (QED) is 0.861. The summed E-state index contributed by atoms with van der Waals surface area (Å²) in [5, 5.41) is 3.33. The van der Waals surface area contributed by atoms with E-state index in [4.69, 9.17) is 0 Å². The summed E-state index contributed by atoms with van der Waals surface area (Å²) in [4.78, 5) is 2.41. The Morgan fingerprint density at radius 2 is 1.90 bits per heavy atom. The lowest BCUT2D eigenvalue weighted by Crippen LogP contribution is -2.44. The zero-order chi connectivity index (χ0) is 14.6. The summed E-state index contributed by atoms with van der Waals surface area (Å²) in [5.74, 6) is 0. The maximum Gasteiger partial charge on any atom is 0.232 e. The molecule has 1 aromatic carbocycles. The van der Waals surface area contributed by atoms with E-state index in [0.717, 1.165) is 50.4 Å². The van der Waals surface area contributed by atoms with Gasteiger partial charge in [0, 0.05) is 39.8 Å². The number of anilines is 1. The SMILES string of the molecule is CN(c1ccccc1CCN1CCNCC1)S(C)(=O)=O. The van der Waals surface area contributed by atoms with E-state index in [0.29, 0.717) is 0 Å². The van der Waals surface area contributed by atoms with Gasteiger partial charge in [-0.05, 0) is 18.1 Å². The molecule has 0 radical (unpaired) electrons. The largest absolute Gasteiger partial charge is 0.314 e. The second-order valence-electron chi connectivity index (χ2n) is 5.20. The summed E-state index contributed by atoms with van der Waals surface area (Å²) in [7, 11) is -1.60. The lowest BCUT2D eigenvalue weighted by atomic mass is 10.1. The van der Waals surface area contributed by atoms with Crippen LogP contribution in [0.1, 0.15) is 5.56 Å². The molecule has 20 heavy (non-hydrogen) atoms. The monoisotopic (exact) mass is 297 g/mol. The fraction of sp³-hybridized carbons (Fsp3) is 0.571. The normalized spacial score (nSPS) is 17.1. The van der Waals surface area contributed by atoms with E-state index in [1.807, 2.05) is 24.3 Å². The zero-order valence-electron chi connectivity index (χ0n) is 12.2. The number of piperazine rings is 1. The van der Waals surface area contributed by atoms with Crippen LogP contribution < -0.4 is 9.62 Å². The number of nitrogens with one attached hydrogen (secondary N) is 1. The molecule has 1 aromatic rings. The predicted molar refractivity (Wildman–Crippen MR) is 82.7 cm³/mol. The van der Waals surface area contributed by atoms with E-state index in [9.17, 15) is 8.42 Å². The van der Waals surface area contributed by atoms with Crippen molar-refractivity contribution in [3.63, 3.8) is 0 Å². The number of hydrogen-bond donors (Lipinski definition) is 1. The summed E-state index contributed by atoms with van der Waals surface area (Å²) in [5.41, 5.74) is 1.86. The standard InChI is InChI=1S/C14H23N3O2S/c1-16(20(2,18)19)14-6-4-3-5-13(14)7-10-17-11-8-15-9-12-17/h3-6,15H,7-12H2,1-2H3. The van der Waals surface area contributed by atoms with E-state index in [1.165, 1.54) is 10.6 Å². The van der Waals surface area contributed by atoms with Gasteiger partial charge in [-0.2, -0.15) is 0 Å². The van der Waals surface area contributed by atoms with Gasteiger partial charge in [0.25, 0.3) is 0 Å². The molecule has 5 nitrogen and oxygen atoms in total. The van der Waals surface area contributed by atoms with Gasteiger partial charge in [-0.1, -0.05) is 18.2 Å². The van der Waals surface area contributed by atoms with Gasteiger partial charge in [0.2, 0.25) is 10.0 Å². The number of para-hydroxylation sites is 1. The van der Waals surface area contributed by atoms with Crippen LogP contribution in [0.4, 0.5) is 5.69 Å².